The molecule has 1 atom stereocenters. The van der Waals surface area contributed by atoms with Gasteiger partial charge >= 0.3 is 5.97 Å². The van der Waals surface area contributed by atoms with E-state index in [0.29, 0.717) is 21.6 Å². The van der Waals surface area contributed by atoms with Crippen LogP contribution in [0.25, 0.3) is 11.0 Å². The summed E-state index contributed by atoms with van der Waals surface area (Å²) >= 11 is 12.1. The SMILES string of the molecule is C[C@@H](Nc1ccc(Cl)nc1C(=O)O)c1cc(Cl)cc2nc(C#N)c(N3CCC(F)(F)C3)nc12. The zero-order valence-corrected chi connectivity index (χ0v) is 18.6. The topological polar surface area (TPSA) is 115 Å². The highest BCUT2D eigenvalue weighted by atomic mass is 35.5. The lowest BCUT2D eigenvalue weighted by Gasteiger charge is -2.21. The average Bonchev–Trinajstić information content (AvgIpc) is 3.12. The van der Waals surface area contributed by atoms with E-state index in [1.807, 2.05) is 6.07 Å². The molecule has 33 heavy (non-hydrogen) atoms. The van der Waals surface area contributed by atoms with Crippen LogP contribution in [-0.4, -0.2) is 45.0 Å². The molecule has 1 fully saturated rings. The molecule has 0 aliphatic carbocycles. The minimum atomic E-state index is -2.88. The lowest BCUT2D eigenvalue weighted by molar-refractivity contribution is 0.0256. The molecular weight excluding hydrogens is 477 g/mol. The summed E-state index contributed by atoms with van der Waals surface area (Å²) in [7, 11) is 0. The van der Waals surface area contributed by atoms with Crippen molar-refractivity contribution < 1.29 is 18.7 Å². The number of aromatic nitrogens is 3. The summed E-state index contributed by atoms with van der Waals surface area (Å²) in [4.78, 5) is 25.6. The number of hydrogen-bond donors (Lipinski definition) is 2. The summed E-state index contributed by atoms with van der Waals surface area (Å²) in [6, 6.07) is 7.46. The number of carbonyl (C=O) groups is 1. The first-order valence-electron chi connectivity index (χ1n) is 9.78. The summed E-state index contributed by atoms with van der Waals surface area (Å²) in [6.45, 7) is 1.23. The van der Waals surface area contributed by atoms with E-state index in [4.69, 9.17) is 23.2 Å². The Balaban J connectivity index is 1.80. The monoisotopic (exact) mass is 492 g/mol. The van der Waals surface area contributed by atoms with Crippen LogP contribution in [0.1, 0.15) is 41.1 Å². The molecule has 3 aromatic rings. The molecule has 0 unspecified atom stereocenters. The minimum Gasteiger partial charge on any atom is -0.476 e. The lowest BCUT2D eigenvalue weighted by Crippen LogP contribution is -2.26. The molecule has 1 aliphatic rings. The summed E-state index contributed by atoms with van der Waals surface area (Å²) in [5, 5.41) is 22.4. The van der Waals surface area contributed by atoms with Crippen molar-refractivity contribution >= 4 is 51.7 Å². The first-order valence-corrected chi connectivity index (χ1v) is 10.5. The van der Waals surface area contributed by atoms with Gasteiger partial charge in [-0.25, -0.2) is 28.5 Å². The van der Waals surface area contributed by atoms with Crippen molar-refractivity contribution in [3.8, 4) is 6.07 Å². The third-order valence-corrected chi connectivity index (χ3v) is 5.65. The van der Waals surface area contributed by atoms with Crippen molar-refractivity contribution in [3.05, 3.63) is 51.4 Å². The van der Waals surface area contributed by atoms with Crippen LogP contribution in [0.5, 0.6) is 0 Å². The van der Waals surface area contributed by atoms with Crippen LogP contribution in [0.3, 0.4) is 0 Å². The number of carboxylic acid groups (broad SMARTS) is 1. The molecule has 12 heteroatoms. The smallest absolute Gasteiger partial charge is 0.356 e. The number of fused-ring (bicyclic) bond motifs is 1. The fourth-order valence-corrected chi connectivity index (χ4v) is 4.08. The van der Waals surface area contributed by atoms with Crippen LogP contribution in [0.2, 0.25) is 10.2 Å². The molecule has 0 bridgehead atoms. The molecule has 1 aliphatic heterocycles. The van der Waals surface area contributed by atoms with Crippen LogP contribution in [0, 0.1) is 11.3 Å². The van der Waals surface area contributed by atoms with E-state index in [1.165, 1.54) is 23.1 Å². The van der Waals surface area contributed by atoms with E-state index < -0.39 is 24.5 Å². The standard InChI is InChI=1S/C21H16Cl2F2N6O2/c1-10(27-13-2-3-16(23)29-18(13)20(32)33)12-6-11(22)7-14-17(12)30-19(15(8-26)28-14)31-5-4-21(24,25)9-31/h2-3,6-7,10,27H,4-5,9H2,1H3,(H,32,33)/t10-/m1/s1. The summed E-state index contributed by atoms with van der Waals surface area (Å²) < 4.78 is 27.6. The number of carboxylic acids is 1. The maximum atomic E-state index is 13.8. The fourth-order valence-electron chi connectivity index (χ4n) is 3.71. The number of nitriles is 1. The van der Waals surface area contributed by atoms with E-state index in [0.717, 1.165) is 0 Å². The highest BCUT2D eigenvalue weighted by Gasteiger charge is 2.40. The lowest BCUT2D eigenvalue weighted by atomic mass is 10.0. The van der Waals surface area contributed by atoms with Gasteiger partial charge in [0.1, 0.15) is 11.2 Å². The zero-order chi connectivity index (χ0) is 23.9. The number of alkyl halides is 2. The first-order chi connectivity index (χ1) is 15.6. The van der Waals surface area contributed by atoms with Crippen molar-refractivity contribution in [2.45, 2.75) is 25.3 Å². The summed E-state index contributed by atoms with van der Waals surface area (Å²) in [5.74, 6) is -4.08. The predicted octanol–water partition coefficient (Wildman–Crippen LogP) is 4.92. The van der Waals surface area contributed by atoms with Crippen LogP contribution in [0.4, 0.5) is 20.3 Å². The number of aromatic carboxylic acids is 1. The van der Waals surface area contributed by atoms with Crippen molar-refractivity contribution in [1.29, 1.82) is 5.26 Å². The van der Waals surface area contributed by atoms with Crippen molar-refractivity contribution in [3.63, 3.8) is 0 Å². The average molecular weight is 493 g/mol. The second-order valence-electron chi connectivity index (χ2n) is 7.60. The fraction of sp³-hybridized carbons (Fsp3) is 0.286. The van der Waals surface area contributed by atoms with Crippen molar-refractivity contribution in [2.75, 3.05) is 23.3 Å². The molecular formula is C21H16Cl2F2N6O2. The molecule has 8 nitrogen and oxygen atoms in total. The van der Waals surface area contributed by atoms with Gasteiger partial charge in [0.25, 0.3) is 5.92 Å². The number of pyridine rings is 1. The molecule has 170 valence electrons. The van der Waals surface area contributed by atoms with E-state index in [9.17, 15) is 23.9 Å². The first kappa shape index (κ1) is 22.9. The molecule has 0 amide bonds. The van der Waals surface area contributed by atoms with Gasteiger partial charge in [-0.15, -0.1) is 0 Å². The molecule has 0 radical (unpaired) electrons. The third-order valence-electron chi connectivity index (χ3n) is 5.22. The Bertz CT molecular complexity index is 1310. The van der Waals surface area contributed by atoms with Gasteiger partial charge in [0.05, 0.1) is 29.3 Å². The van der Waals surface area contributed by atoms with Crippen LogP contribution < -0.4 is 10.2 Å². The molecule has 1 saturated heterocycles. The minimum absolute atomic E-state index is 0.0285. The Morgan fingerprint density at radius 1 is 1.30 bits per heavy atom. The van der Waals surface area contributed by atoms with E-state index >= 15 is 0 Å². The largest absolute Gasteiger partial charge is 0.476 e. The van der Waals surface area contributed by atoms with Gasteiger partial charge in [0.15, 0.2) is 17.2 Å². The number of anilines is 2. The van der Waals surface area contributed by atoms with Crippen LogP contribution >= 0.6 is 23.2 Å². The van der Waals surface area contributed by atoms with E-state index in [1.54, 1.807) is 13.0 Å². The quantitative estimate of drug-likeness (QED) is 0.482. The van der Waals surface area contributed by atoms with Crippen molar-refractivity contribution in [1.82, 2.24) is 15.0 Å². The Kier molecular flexibility index (Phi) is 5.95. The van der Waals surface area contributed by atoms with E-state index in [-0.39, 0.29) is 41.0 Å². The Morgan fingerprint density at radius 3 is 2.70 bits per heavy atom. The van der Waals surface area contributed by atoms with E-state index in [2.05, 4.69) is 20.3 Å². The van der Waals surface area contributed by atoms with Gasteiger partial charge in [-0.2, -0.15) is 5.26 Å². The molecule has 0 spiro atoms. The summed E-state index contributed by atoms with van der Waals surface area (Å²) in [5.41, 5.74) is 1.07. The van der Waals surface area contributed by atoms with Gasteiger partial charge in [-0.05, 0) is 31.2 Å². The maximum Gasteiger partial charge on any atom is 0.356 e. The second-order valence-corrected chi connectivity index (χ2v) is 8.42. The number of hydrogen-bond acceptors (Lipinski definition) is 7. The highest BCUT2D eigenvalue weighted by molar-refractivity contribution is 6.31. The zero-order valence-electron chi connectivity index (χ0n) is 17.1. The van der Waals surface area contributed by atoms with Gasteiger partial charge in [-0.3, -0.25) is 0 Å². The second kappa shape index (κ2) is 8.57. The number of rotatable bonds is 5. The van der Waals surface area contributed by atoms with Crippen LogP contribution in [-0.2, 0) is 0 Å². The van der Waals surface area contributed by atoms with Gasteiger partial charge in [0.2, 0.25) is 0 Å². The van der Waals surface area contributed by atoms with Gasteiger partial charge in [-0.1, -0.05) is 23.2 Å². The van der Waals surface area contributed by atoms with Crippen molar-refractivity contribution in [2.24, 2.45) is 0 Å². The Labute approximate surface area is 196 Å². The number of nitrogens with one attached hydrogen (secondary N) is 1. The summed E-state index contributed by atoms with van der Waals surface area (Å²) in [6.07, 6.45) is -0.343. The molecule has 2 aromatic heterocycles. The molecule has 3 heterocycles. The molecule has 2 N–H and O–H groups in total. The highest BCUT2D eigenvalue weighted by Crippen LogP contribution is 2.35. The van der Waals surface area contributed by atoms with Gasteiger partial charge in [0, 0.05) is 23.6 Å². The number of benzene rings is 1. The third kappa shape index (κ3) is 4.60. The Hall–Kier alpha value is -3.29. The van der Waals surface area contributed by atoms with Crippen LogP contribution in [0.15, 0.2) is 24.3 Å². The maximum absolute atomic E-state index is 13.8. The predicted molar refractivity (Wildman–Crippen MR) is 119 cm³/mol. The number of nitrogens with zero attached hydrogens (tertiary/aromatic N) is 5. The molecule has 4 rings (SSSR count). The molecule has 0 saturated carbocycles. The normalized spacial score (nSPS) is 15.9. The Morgan fingerprint density at radius 2 is 2.06 bits per heavy atom. The number of halogens is 4. The van der Waals surface area contributed by atoms with Gasteiger partial charge < -0.3 is 15.3 Å². The molecule has 1 aromatic carbocycles.